The van der Waals surface area contributed by atoms with E-state index < -0.39 is 72.9 Å². The van der Waals surface area contributed by atoms with E-state index in [1.807, 2.05) is 0 Å². The Balaban J connectivity index is 5.63. The van der Waals surface area contributed by atoms with Gasteiger partial charge in [-0.25, -0.2) is 0 Å². The predicted octanol–water partition coefficient (Wildman–Crippen LogP) is 8.59. The summed E-state index contributed by atoms with van der Waals surface area (Å²) in [5.41, 5.74) is 0. The molecular formula is C18H19F17O2. The maximum Gasteiger partial charge on any atom is 0.460 e. The first kappa shape index (κ1) is 35.3. The van der Waals surface area contributed by atoms with E-state index >= 15 is 0 Å². The first-order chi connectivity index (χ1) is 16.2. The fourth-order valence-corrected chi connectivity index (χ4v) is 2.86. The van der Waals surface area contributed by atoms with Gasteiger partial charge in [-0.05, 0) is 12.8 Å². The quantitative estimate of drug-likeness (QED) is 0.145. The second kappa shape index (κ2) is 11.2. The number of halogens is 17. The summed E-state index contributed by atoms with van der Waals surface area (Å²) in [6.45, 7) is 0. The third-order valence-corrected chi connectivity index (χ3v) is 5.17. The van der Waals surface area contributed by atoms with Crippen LogP contribution in [0.1, 0.15) is 57.8 Å². The third-order valence-electron chi connectivity index (χ3n) is 5.17. The van der Waals surface area contributed by atoms with Gasteiger partial charge < -0.3 is 5.11 Å². The van der Waals surface area contributed by atoms with Crippen molar-refractivity contribution >= 4 is 5.97 Å². The van der Waals surface area contributed by atoms with Crippen LogP contribution in [0.2, 0.25) is 0 Å². The number of carboxylic acids is 1. The lowest BCUT2D eigenvalue weighted by atomic mass is 9.87. The van der Waals surface area contributed by atoms with Crippen LogP contribution < -0.4 is 0 Å². The Labute approximate surface area is 197 Å². The molecule has 0 rings (SSSR count). The fourth-order valence-electron chi connectivity index (χ4n) is 2.86. The topological polar surface area (TPSA) is 37.3 Å². The fraction of sp³-hybridized carbons (Fsp3) is 0.944. The molecule has 0 atom stereocenters. The van der Waals surface area contributed by atoms with Gasteiger partial charge in [-0.2, -0.15) is 74.6 Å². The minimum absolute atomic E-state index is 0.0574. The van der Waals surface area contributed by atoms with Crippen LogP contribution in [-0.4, -0.2) is 58.7 Å². The zero-order valence-corrected chi connectivity index (χ0v) is 18.1. The molecule has 0 aliphatic heterocycles. The molecule has 37 heavy (non-hydrogen) atoms. The molecule has 0 aliphatic carbocycles. The molecule has 0 saturated heterocycles. The van der Waals surface area contributed by atoms with Crippen LogP contribution in [0.3, 0.4) is 0 Å². The molecule has 2 nitrogen and oxygen atoms in total. The number of hydrogen-bond acceptors (Lipinski definition) is 1. The number of hydrogen-bond donors (Lipinski definition) is 1. The van der Waals surface area contributed by atoms with Crippen molar-refractivity contribution in [3.05, 3.63) is 0 Å². The van der Waals surface area contributed by atoms with E-state index in [0.717, 1.165) is 0 Å². The van der Waals surface area contributed by atoms with Gasteiger partial charge in [0.15, 0.2) is 0 Å². The Kier molecular flexibility index (Phi) is 10.7. The van der Waals surface area contributed by atoms with Crippen LogP contribution in [0, 0.1) is 0 Å². The highest BCUT2D eigenvalue weighted by molar-refractivity contribution is 5.66. The lowest BCUT2D eigenvalue weighted by Gasteiger charge is -2.42. The monoisotopic (exact) mass is 590 g/mol. The highest BCUT2D eigenvalue weighted by Crippen LogP contribution is 2.64. The highest BCUT2D eigenvalue weighted by Gasteiger charge is 2.95. The van der Waals surface area contributed by atoms with Crippen molar-refractivity contribution in [1.82, 2.24) is 0 Å². The second-order valence-electron chi connectivity index (χ2n) is 8.02. The molecule has 0 amide bonds. The molecule has 0 aromatic rings. The Hall–Kier alpha value is -1.72. The Morgan fingerprint density at radius 2 is 0.730 bits per heavy atom. The van der Waals surface area contributed by atoms with Crippen LogP contribution in [-0.2, 0) is 4.79 Å². The van der Waals surface area contributed by atoms with Crippen molar-refractivity contribution in [3.8, 4) is 0 Å². The molecule has 19 heteroatoms. The molecule has 0 radical (unpaired) electrons. The van der Waals surface area contributed by atoms with Crippen LogP contribution in [0.25, 0.3) is 0 Å². The molecule has 1 N–H and O–H groups in total. The van der Waals surface area contributed by atoms with Crippen molar-refractivity contribution < 1.29 is 84.5 Å². The van der Waals surface area contributed by atoms with Gasteiger partial charge in [0.25, 0.3) is 0 Å². The van der Waals surface area contributed by atoms with Crippen molar-refractivity contribution in [2.75, 3.05) is 0 Å². The summed E-state index contributed by atoms with van der Waals surface area (Å²) < 4.78 is 224. The summed E-state index contributed by atoms with van der Waals surface area (Å²) in [6, 6.07) is 0. The summed E-state index contributed by atoms with van der Waals surface area (Å²) in [5, 5.41) is 8.40. The molecule has 0 heterocycles. The molecule has 0 aromatic carbocycles. The zero-order chi connectivity index (χ0) is 29.9. The normalized spacial score (nSPS) is 15.3. The van der Waals surface area contributed by atoms with Crippen LogP contribution in [0.15, 0.2) is 0 Å². The number of rotatable bonds is 16. The van der Waals surface area contributed by atoms with Gasteiger partial charge in [0.2, 0.25) is 0 Å². The maximum absolute atomic E-state index is 13.7. The largest absolute Gasteiger partial charge is 0.481 e. The third kappa shape index (κ3) is 6.47. The van der Waals surface area contributed by atoms with Gasteiger partial charge >= 0.3 is 53.6 Å². The first-order valence-corrected chi connectivity index (χ1v) is 10.1. The summed E-state index contributed by atoms with van der Waals surface area (Å²) in [7, 11) is 0. The average molecular weight is 590 g/mol. The summed E-state index contributed by atoms with van der Waals surface area (Å²) in [4.78, 5) is 10.3. The SMILES string of the molecule is O=C(O)CCCCCCCCCC(F)(F)C(F)(F)C(F)(F)C(F)(F)C(F)(F)C(F)(F)C(F)(F)C(F)(F)F. The van der Waals surface area contributed by atoms with Crippen molar-refractivity contribution in [3.63, 3.8) is 0 Å². The molecule has 0 unspecified atom stereocenters. The number of unbranched alkanes of at least 4 members (excludes halogenated alkanes) is 6. The lowest BCUT2D eigenvalue weighted by Crippen LogP contribution is -2.74. The molecule has 0 fully saturated rings. The zero-order valence-electron chi connectivity index (χ0n) is 18.1. The molecular weight excluding hydrogens is 571 g/mol. The lowest BCUT2D eigenvalue weighted by molar-refractivity contribution is -0.461. The highest BCUT2D eigenvalue weighted by atomic mass is 19.4. The van der Waals surface area contributed by atoms with Crippen LogP contribution >= 0.6 is 0 Å². The smallest absolute Gasteiger partial charge is 0.460 e. The van der Waals surface area contributed by atoms with Gasteiger partial charge in [-0.1, -0.05) is 32.1 Å². The number of aliphatic carboxylic acids is 1. The molecule has 0 saturated carbocycles. The minimum Gasteiger partial charge on any atom is -0.481 e. The number of carbonyl (C=O) groups is 1. The van der Waals surface area contributed by atoms with Gasteiger partial charge in [0, 0.05) is 12.8 Å². The Bertz CT molecular complexity index is 758. The van der Waals surface area contributed by atoms with Crippen molar-refractivity contribution in [2.45, 2.75) is 105 Å². The van der Waals surface area contributed by atoms with Crippen molar-refractivity contribution in [2.24, 2.45) is 0 Å². The van der Waals surface area contributed by atoms with E-state index in [4.69, 9.17) is 5.11 Å². The van der Waals surface area contributed by atoms with Crippen LogP contribution in [0.4, 0.5) is 74.6 Å². The van der Waals surface area contributed by atoms with Gasteiger partial charge in [0.1, 0.15) is 0 Å². The molecule has 0 aromatic heterocycles. The Morgan fingerprint density at radius 3 is 1.08 bits per heavy atom. The second-order valence-corrected chi connectivity index (χ2v) is 8.02. The van der Waals surface area contributed by atoms with Crippen molar-refractivity contribution in [1.29, 1.82) is 0 Å². The van der Waals surface area contributed by atoms with E-state index in [1.165, 1.54) is 0 Å². The van der Waals surface area contributed by atoms with E-state index in [0.29, 0.717) is 12.8 Å². The summed E-state index contributed by atoms with van der Waals surface area (Å²) >= 11 is 0. The Morgan fingerprint density at radius 1 is 0.432 bits per heavy atom. The predicted molar refractivity (Wildman–Crippen MR) is 89.9 cm³/mol. The van der Waals surface area contributed by atoms with Gasteiger partial charge in [-0.3, -0.25) is 4.79 Å². The first-order valence-electron chi connectivity index (χ1n) is 10.1. The molecule has 0 spiro atoms. The summed E-state index contributed by atoms with van der Waals surface area (Å²) in [5.74, 6) is -57.1. The number of carboxylic acid groups (broad SMARTS) is 1. The van der Waals surface area contributed by atoms with Gasteiger partial charge in [0.05, 0.1) is 0 Å². The van der Waals surface area contributed by atoms with Crippen LogP contribution in [0.5, 0.6) is 0 Å². The van der Waals surface area contributed by atoms with E-state index in [9.17, 15) is 79.4 Å². The maximum atomic E-state index is 13.7. The number of alkyl halides is 17. The van der Waals surface area contributed by atoms with E-state index in [-0.39, 0.29) is 25.7 Å². The van der Waals surface area contributed by atoms with E-state index in [2.05, 4.69) is 0 Å². The molecule has 222 valence electrons. The molecule has 0 bridgehead atoms. The van der Waals surface area contributed by atoms with Gasteiger partial charge in [-0.15, -0.1) is 0 Å². The summed E-state index contributed by atoms with van der Waals surface area (Å²) in [6.07, 6.45) is -11.0. The minimum atomic E-state index is -8.61. The average Bonchev–Trinajstić information content (AvgIpc) is 2.70. The van der Waals surface area contributed by atoms with E-state index in [1.54, 1.807) is 0 Å². The standard InChI is InChI=1S/C18H19F17O2/c19-11(20,9-7-5-3-1-2-4-6-8-10(36)37)12(21,22)13(23,24)14(25,26)15(27,28)16(29,30)17(31,32)18(33,34)35/h1-9H2,(H,36,37). The molecule has 0 aliphatic rings.